The van der Waals surface area contributed by atoms with Gasteiger partial charge in [0.1, 0.15) is 0 Å². The van der Waals surface area contributed by atoms with Crippen LogP contribution in [0.4, 0.5) is 0 Å². The summed E-state index contributed by atoms with van der Waals surface area (Å²) in [5.74, 6) is 0. The van der Waals surface area contributed by atoms with E-state index in [4.69, 9.17) is 0 Å². The molecular formula is C16H26BrN. The molecule has 1 rings (SSSR count). The summed E-state index contributed by atoms with van der Waals surface area (Å²) in [4.78, 5) is 0. The summed E-state index contributed by atoms with van der Waals surface area (Å²) in [6.45, 7) is 7.80. The van der Waals surface area contributed by atoms with Crippen LogP contribution in [0.3, 0.4) is 0 Å². The number of aryl methyl sites for hydroxylation is 1. The molecule has 1 atom stereocenters. The van der Waals surface area contributed by atoms with E-state index in [0.717, 1.165) is 6.54 Å². The van der Waals surface area contributed by atoms with Crippen molar-refractivity contribution < 1.29 is 0 Å². The average Bonchev–Trinajstić information content (AvgIpc) is 2.37. The lowest BCUT2D eigenvalue weighted by Crippen LogP contribution is -2.23. The molecule has 1 N–H and O–H groups in total. The van der Waals surface area contributed by atoms with E-state index in [1.54, 1.807) is 0 Å². The average molecular weight is 312 g/mol. The van der Waals surface area contributed by atoms with Crippen LogP contribution in [0.5, 0.6) is 0 Å². The number of hydrogen-bond acceptors (Lipinski definition) is 1. The van der Waals surface area contributed by atoms with E-state index in [-0.39, 0.29) is 0 Å². The van der Waals surface area contributed by atoms with Crippen LogP contribution in [0.15, 0.2) is 22.7 Å². The van der Waals surface area contributed by atoms with Crippen molar-refractivity contribution in [2.45, 2.75) is 58.9 Å². The molecule has 2 heteroatoms. The van der Waals surface area contributed by atoms with Crippen molar-refractivity contribution in [1.29, 1.82) is 0 Å². The second-order valence-corrected chi connectivity index (χ2v) is 5.92. The van der Waals surface area contributed by atoms with Crippen molar-refractivity contribution in [2.75, 3.05) is 6.54 Å². The molecule has 1 aromatic rings. The molecule has 102 valence electrons. The van der Waals surface area contributed by atoms with Gasteiger partial charge in [-0.2, -0.15) is 0 Å². The molecule has 18 heavy (non-hydrogen) atoms. The Labute approximate surface area is 120 Å². The maximum Gasteiger partial charge on any atom is 0.0323 e. The molecule has 0 spiro atoms. The van der Waals surface area contributed by atoms with Crippen molar-refractivity contribution in [2.24, 2.45) is 0 Å². The minimum Gasteiger partial charge on any atom is -0.310 e. The first-order valence-corrected chi connectivity index (χ1v) is 7.97. The fourth-order valence-corrected chi connectivity index (χ4v) is 2.65. The van der Waals surface area contributed by atoms with Crippen LogP contribution in [0.1, 0.15) is 63.1 Å². The van der Waals surface area contributed by atoms with E-state index in [0.29, 0.717) is 6.04 Å². The first kappa shape index (κ1) is 15.7. The quantitative estimate of drug-likeness (QED) is 0.636. The molecule has 1 unspecified atom stereocenters. The van der Waals surface area contributed by atoms with E-state index in [9.17, 15) is 0 Å². The van der Waals surface area contributed by atoms with Crippen molar-refractivity contribution >= 4 is 15.9 Å². The number of rotatable bonds is 8. The van der Waals surface area contributed by atoms with Crippen molar-refractivity contribution in [3.63, 3.8) is 0 Å². The SMILES string of the molecule is CCCCCC(NCCC)c1cc(Br)ccc1C. The molecule has 1 aromatic carbocycles. The minimum atomic E-state index is 0.508. The Balaban J connectivity index is 2.75. The molecule has 0 saturated carbocycles. The summed E-state index contributed by atoms with van der Waals surface area (Å²) < 4.78 is 1.18. The fourth-order valence-electron chi connectivity index (χ4n) is 2.27. The topological polar surface area (TPSA) is 12.0 Å². The molecule has 1 nitrogen and oxygen atoms in total. The summed E-state index contributed by atoms with van der Waals surface area (Å²) in [5.41, 5.74) is 2.84. The first-order valence-electron chi connectivity index (χ1n) is 7.18. The Bertz CT molecular complexity index is 349. The number of hydrogen-bond donors (Lipinski definition) is 1. The van der Waals surface area contributed by atoms with Gasteiger partial charge in [-0.3, -0.25) is 0 Å². The molecule has 0 bridgehead atoms. The summed E-state index contributed by atoms with van der Waals surface area (Å²) >= 11 is 3.59. The van der Waals surface area contributed by atoms with Gasteiger partial charge < -0.3 is 5.32 Å². The lowest BCUT2D eigenvalue weighted by Gasteiger charge is -2.21. The monoisotopic (exact) mass is 311 g/mol. The van der Waals surface area contributed by atoms with E-state index in [1.807, 2.05) is 0 Å². The third-order valence-corrected chi connectivity index (χ3v) is 3.85. The van der Waals surface area contributed by atoms with Gasteiger partial charge in [0.15, 0.2) is 0 Å². The zero-order chi connectivity index (χ0) is 13.4. The summed E-state index contributed by atoms with van der Waals surface area (Å²) in [7, 11) is 0. The first-order chi connectivity index (χ1) is 8.69. The molecule has 0 aromatic heterocycles. The number of benzene rings is 1. The molecule has 0 saturated heterocycles. The molecule has 0 amide bonds. The Hall–Kier alpha value is -0.340. The predicted octanol–water partition coefficient (Wildman–Crippen LogP) is 5.38. The Morgan fingerprint density at radius 1 is 1.17 bits per heavy atom. The van der Waals surface area contributed by atoms with E-state index < -0.39 is 0 Å². The fraction of sp³-hybridized carbons (Fsp3) is 0.625. The van der Waals surface area contributed by atoms with Crippen LogP contribution in [0.25, 0.3) is 0 Å². The number of nitrogens with one attached hydrogen (secondary N) is 1. The van der Waals surface area contributed by atoms with Gasteiger partial charge in [-0.25, -0.2) is 0 Å². The van der Waals surface area contributed by atoms with Gasteiger partial charge in [-0.15, -0.1) is 0 Å². The second-order valence-electron chi connectivity index (χ2n) is 5.00. The van der Waals surface area contributed by atoms with Crippen LogP contribution >= 0.6 is 15.9 Å². The van der Waals surface area contributed by atoms with Crippen molar-refractivity contribution in [3.05, 3.63) is 33.8 Å². The van der Waals surface area contributed by atoms with Crippen LogP contribution in [-0.2, 0) is 0 Å². The van der Waals surface area contributed by atoms with Crippen molar-refractivity contribution in [1.82, 2.24) is 5.32 Å². The Morgan fingerprint density at radius 2 is 1.94 bits per heavy atom. The molecule has 0 heterocycles. The highest BCUT2D eigenvalue weighted by Gasteiger charge is 2.12. The van der Waals surface area contributed by atoms with Crippen LogP contribution < -0.4 is 5.32 Å². The molecule has 0 aliphatic rings. The minimum absolute atomic E-state index is 0.508. The van der Waals surface area contributed by atoms with Gasteiger partial charge in [-0.1, -0.05) is 55.1 Å². The van der Waals surface area contributed by atoms with Gasteiger partial charge in [-0.05, 0) is 49.6 Å². The standard InChI is InChI=1S/C16H26BrN/c1-4-6-7-8-16(18-11-5-2)15-12-14(17)10-9-13(15)3/h9-10,12,16,18H,4-8,11H2,1-3H3. The van der Waals surface area contributed by atoms with E-state index >= 15 is 0 Å². The molecule has 0 radical (unpaired) electrons. The predicted molar refractivity (Wildman–Crippen MR) is 84.1 cm³/mol. The zero-order valence-corrected chi connectivity index (χ0v) is 13.5. The Morgan fingerprint density at radius 3 is 2.61 bits per heavy atom. The lowest BCUT2D eigenvalue weighted by molar-refractivity contribution is 0.473. The van der Waals surface area contributed by atoms with Gasteiger partial charge in [0.25, 0.3) is 0 Å². The third-order valence-electron chi connectivity index (χ3n) is 3.35. The smallest absolute Gasteiger partial charge is 0.0323 e. The molecule has 0 aliphatic carbocycles. The van der Waals surface area contributed by atoms with Crippen LogP contribution in [-0.4, -0.2) is 6.54 Å². The molecule has 0 aliphatic heterocycles. The maximum absolute atomic E-state index is 3.69. The van der Waals surface area contributed by atoms with Gasteiger partial charge >= 0.3 is 0 Å². The zero-order valence-electron chi connectivity index (χ0n) is 11.9. The van der Waals surface area contributed by atoms with Crippen LogP contribution in [0, 0.1) is 6.92 Å². The van der Waals surface area contributed by atoms with Crippen LogP contribution in [0.2, 0.25) is 0 Å². The number of unbranched alkanes of at least 4 members (excludes halogenated alkanes) is 2. The highest BCUT2D eigenvalue weighted by atomic mass is 79.9. The normalized spacial score (nSPS) is 12.7. The Kier molecular flexibility index (Phi) is 7.60. The maximum atomic E-state index is 3.69. The van der Waals surface area contributed by atoms with E-state index in [2.05, 4.69) is 60.2 Å². The highest BCUT2D eigenvalue weighted by Crippen LogP contribution is 2.26. The molecular weight excluding hydrogens is 286 g/mol. The van der Waals surface area contributed by atoms with Gasteiger partial charge in [0.2, 0.25) is 0 Å². The van der Waals surface area contributed by atoms with Gasteiger partial charge in [0, 0.05) is 10.5 Å². The van der Waals surface area contributed by atoms with E-state index in [1.165, 1.54) is 47.7 Å². The number of halogens is 1. The van der Waals surface area contributed by atoms with Crippen molar-refractivity contribution in [3.8, 4) is 0 Å². The second kappa shape index (κ2) is 8.71. The van der Waals surface area contributed by atoms with Gasteiger partial charge in [0.05, 0.1) is 0 Å². The lowest BCUT2D eigenvalue weighted by atomic mass is 9.96. The summed E-state index contributed by atoms with van der Waals surface area (Å²) in [5, 5.41) is 3.69. The molecule has 0 fully saturated rings. The summed E-state index contributed by atoms with van der Waals surface area (Å²) in [6.07, 6.45) is 6.36. The summed E-state index contributed by atoms with van der Waals surface area (Å²) in [6, 6.07) is 7.12. The highest BCUT2D eigenvalue weighted by molar-refractivity contribution is 9.10. The third kappa shape index (κ3) is 5.11. The largest absolute Gasteiger partial charge is 0.310 e.